The summed E-state index contributed by atoms with van der Waals surface area (Å²) in [6.07, 6.45) is 4.32. The Bertz CT molecular complexity index is 981. The number of H-pyrrole nitrogens is 1. The molecule has 1 aliphatic carbocycles. The fourth-order valence-electron chi connectivity index (χ4n) is 3.61. The average molecular weight is 382 g/mol. The van der Waals surface area contributed by atoms with Crippen LogP contribution in [-0.4, -0.2) is 4.98 Å². The molecular weight excluding hydrogens is 362 g/mol. The largest absolute Gasteiger partial charge is 0.316 e. The zero-order valence-corrected chi connectivity index (χ0v) is 16.0. The van der Waals surface area contributed by atoms with Crippen molar-refractivity contribution in [1.82, 2.24) is 4.98 Å². The summed E-state index contributed by atoms with van der Waals surface area (Å²) in [7, 11) is 0. The van der Waals surface area contributed by atoms with Gasteiger partial charge in [-0.2, -0.15) is 0 Å². The fraction of sp³-hybridized carbons (Fsp3) is 0.227. The predicted octanol–water partition coefficient (Wildman–Crippen LogP) is 5.87. The number of halogens is 1. The van der Waals surface area contributed by atoms with Gasteiger partial charge in [-0.3, -0.25) is 4.79 Å². The van der Waals surface area contributed by atoms with Gasteiger partial charge in [0.25, 0.3) is 5.56 Å². The van der Waals surface area contributed by atoms with Crippen molar-refractivity contribution in [2.24, 2.45) is 0 Å². The smallest absolute Gasteiger partial charge is 0.256 e. The van der Waals surface area contributed by atoms with Gasteiger partial charge in [-0.25, -0.2) is 0 Å². The molecule has 0 atom stereocenters. The summed E-state index contributed by atoms with van der Waals surface area (Å²) in [6.45, 7) is 0. The second-order valence-corrected chi connectivity index (χ2v) is 7.96. The van der Waals surface area contributed by atoms with E-state index in [1.54, 1.807) is 11.8 Å². The highest BCUT2D eigenvalue weighted by Gasteiger charge is 2.21. The molecule has 1 N–H and O–H groups in total. The molecule has 0 fully saturated rings. The van der Waals surface area contributed by atoms with Crippen molar-refractivity contribution in [3.8, 4) is 11.1 Å². The Morgan fingerprint density at radius 2 is 1.62 bits per heavy atom. The van der Waals surface area contributed by atoms with Gasteiger partial charge < -0.3 is 4.98 Å². The highest BCUT2D eigenvalue weighted by Crippen LogP contribution is 2.35. The average Bonchev–Trinajstić information content (AvgIpc) is 2.68. The van der Waals surface area contributed by atoms with Crippen LogP contribution in [0.5, 0.6) is 0 Å². The van der Waals surface area contributed by atoms with Gasteiger partial charge in [-0.15, -0.1) is 11.8 Å². The Kier molecular flexibility index (Phi) is 5.18. The number of hydrogen-bond donors (Lipinski definition) is 1. The van der Waals surface area contributed by atoms with Crippen LogP contribution in [-0.2, 0) is 18.6 Å². The molecule has 3 aromatic rings. The third-order valence-electron chi connectivity index (χ3n) is 4.89. The number of pyridine rings is 1. The van der Waals surface area contributed by atoms with Gasteiger partial charge in [-0.05, 0) is 54.0 Å². The lowest BCUT2D eigenvalue weighted by molar-refractivity contribution is 0.666. The molecule has 26 heavy (non-hydrogen) atoms. The number of thioether (sulfide) groups is 1. The number of benzene rings is 2. The molecule has 1 aliphatic rings. The Labute approximate surface area is 162 Å². The molecule has 0 unspecified atom stereocenters. The van der Waals surface area contributed by atoms with Gasteiger partial charge >= 0.3 is 0 Å². The predicted molar refractivity (Wildman–Crippen MR) is 110 cm³/mol. The van der Waals surface area contributed by atoms with Crippen LogP contribution in [0.3, 0.4) is 0 Å². The third-order valence-corrected chi connectivity index (χ3v) is 6.35. The van der Waals surface area contributed by atoms with E-state index in [9.17, 15) is 4.79 Å². The van der Waals surface area contributed by atoms with Crippen LogP contribution in [0.1, 0.15) is 29.5 Å². The molecule has 0 radical (unpaired) electrons. The Hall–Kier alpha value is -1.97. The zero-order chi connectivity index (χ0) is 17.9. The summed E-state index contributed by atoms with van der Waals surface area (Å²) in [6, 6.07) is 17.9. The highest BCUT2D eigenvalue weighted by atomic mass is 35.5. The number of hydrogen-bond acceptors (Lipinski definition) is 2. The van der Waals surface area contributed by atoms with Crippen LogP contribution >= 0.6 is 23.4 Å². The fourth-order valence-corrected chi connectivity index (χ4v) is 5.01. The Morgan fingerprint density at radius 1 is 0.923 bits per heavy atom. The molecule has 132 valence electrons. The van der Waals surface area contributed by atoms with Gasteiger partial charge in [0.05, 0.1) is 10.6 Å². The lowest BCUT2D eigenvalue weighted by Crippen LogP contribution is -2.19. The monoisotopic (exact) mass is 381 g/mol. The van der Waals surface area contributed by atoms with Crippen LogP contribution in [0, 0.1) is 0 Å². The second-order valence-electron chi connectivity index (χ2n) is 6.57. The number of nitrogens with one attached hydrogen (secondary N) is 1. The van der Waals surface area contributed by atoms with Crippen molar-refractivity contribution in [1.29, 1.82) is 0 Å². The molecule has 0 bridgehead atoms. The molecule has 4 heteroatoms. The number of fused-ring (bicyclic) bond motifs is 1. The van der Waals surface area contributed by atoms with E-state index in [4.69, 9.17) is 11.6 Å². The Morgan fingerprint density at radius 3 is 2.38 bits per heavy atom. The molecule has 2 aromatic carbocycles. The standard InChI is InChI=1S/C22H20ClNOS/c23-19-13-7-4-10-16(19)14-26-22-18-12-6-5-11-17(18)20(21(25)24-22)15-8-2-1-3-9-15/h1-4,7-10,13H,5-6,11-12,14H2,(H,24,25). The van der Waals surface area contributed by atoms with Gasteiger partial charge in [0.15, 0.2) is 0 Å². The maximum atomic E-state index is 12.9. The first kappa shape index (κ1) is 17.4. The zero-order valence-electron chi connectivity index (χ0n) is 14.4. The van der Waals surface area contributed by atoms with Crippen molar-refractivity contribution in [2.45, 2.75) is 36.5 Å². The summed E-state index contributed by atoms with van der Waals surface area (Å²) in [5, 5.41) is 1.78. The van der Waals surface area contributed by atoms with Gasteiger partial charge in [0.2, 0.25) is 0 Å². The molecule has 0 aliphatic heterocycles. The highest BCUT2D eigenvalue weighted by molar-refractivity contribution is 7.98. The maximum Gasteiger partial charge on any atom is 0.256 e. The molecule has 4 rings (SSSR count). The van der Waals surface area contributed by atoms with Crippen LogP contribution in [0.15, 0.2) is 64.4 Å². The van der Waals surface area contributed by atoms with Crippen LogP contribution in [0.2, 0.25) is 5.02 Å². The molecule has 0 saturated heterocycles. The Balaban J connectivity index is 1.74. The lowest BCUT2D eigenvalue weighted by Gasteiger charge is -2.22. The summed E-state index contributed by atoms with van der Waals surface area (Å²) in [4.78, 5) is 16.1. The first-order chi connectivity index (χ1) is 12.7. The number of aromatic amines is 1. The van der Waals surface area contributed by atoms with E-state index in [0.29, 0.717) is 0 Å². The third kappa shape index (κ3) is 3.46. The van der Waals surface area contributed by atoms with Gasteiger partial charge in [-0.1, -0.05) is 60.1 Å². The van der Waals surface area contributed by atoms with Crippen molar-refractivity contribution < 1.29 is 0 Å². The summed E-state index contributed by atoms with van der Waals surface area (Å²) in [5.41, 5.74) is 5.51. The molecule has 1 heterocycles. The molecule has 0 amide bonds. The first-order valence-corrected chi connectivity index (χ1v) is 10.3. The van der Waals surface area contributed by atoms with Gasteiger partial charge in [0.1, 0.15) is 0 Å². The van der Waals surface area contributed by atoms with Crippen LogP contribution < -0.4 is 5.56 Å². The minimum Gasteiger partial charge on any atom is -0.316 e. The van der Waals surface area contributed by atoms with E-state index in [1.807, 2.05) is 54.6 Å². The maximum absolute atomic E-state index is 12.9. The van der Waals surface area contributed by atoms with E-state index in [2.05, 4.69) is 4.98 Å². The summed E-state index contributed by atoms with van der Waals surface area (Å²) in [5.74, 6) is 0.757. The van der Waals surface area contributed by atoms with Gasteiger partial charge in [0, 0.05) is 10.8 Å². The van der Waals surface area contributed by atoms with E-state index in [-0.39, 0.29) is 5.56 Å². The minimum atomic E-state index is 0.0125. The molecular formula is C22H20ClNOS. The molecule has 0 spiro atoms. The van der Waals surface area contributed by atoms with Crippen molar-refractivity contribution in [3.05, 3.63) is 86.7 Å². The van der Waals surface area contributed by atoms with Crippen molar-refractivity contribution in [3.63, 3.8) is 0 Å². The molecule has 0 saturated carbocycles. The van der Waals surface area contributed by atoms with E-state index in [1.165, 1.54) is 17.5 Å². The SMILES string of the molecule is O=c1[nH]c(SCc2ccccc2Cl)c2c(c1-c1ccccc1)CCCC2. The molecule has 2 nitrogen and oxygen atoms in total. The number of rotatable bonds is 4. The minimum absolute atomic E-state index is 0.0125. The van der Waals surface area contributed by atoms with E-state index < -0.39 is 0 Å². The van der Waals surface area contributed by atoms with Crippen LogP contribution in [0.25, 0.3) is 11.1 Å². The summed E-state index contributed by atoms with van der Waals surface area (Å²) >= 11 is 7.97. The van der Waals surface area contributed by atoms with Crippen LogP contribution in [0.4, 0.5) is 0 Å². The topological polar surface area (TPSA) is 32.9 Å². The molecule has 1 aromatic heterocycles. The second kappa shape index (κ2) is 7.73. The first-order valence-electron chi connectivity index (χ1n) is 8.93. The van der Waals surface area contributed by atoms with E-state index >= 15 is 0 Å². The van der Waals surface area contributed by atoms with Crippen molar-refractivity contribution in [2.75, 3.05) is 0 Å². The normalized spacial score (nSPS) is 13.4. The quantitative estimate of drug-likeness (QED) is 0.573. The lowest BCUT2D eigenvalue weighted by atomic mass is 9.87. The van der Waals surface area contributed by atoms with Crippen molar-refractivity contribution >= 4 is 23.4 Å². The number of aromatic nitrogens is 1. The summed E-state index contributed by atoms with van der Waals surface area (Å²) < 4.78 is 0. The van der Waals surface area contributed by atoms with E-state index in [0.717, 1.165) is 51.8 Å².